The van der Waals surface area contributed by atoms with E-state index in [1.807, 2.05) is 13.8 Å². The van der Waals surface area contributed by atoms with Crippen LogP contribution in [0.15, 0.2) is 12.1 Å². The number of hydrogen-bond acceptors (Lipinski definition) is 2. The predicted octanol–water partition coefficient (Wildman–Crippen LogP) is 3.23. The first-order chi connectivity index (χ1) is 6.93. The van der Waals surface area contributed by atoms with Crippen molar-refractivity contribution in [3.05, 3.63) is 28.5 Å². The lowest BCUT2D eigenvalue weighted by Gasteiger charge is -2.16. The predicted molar refractivity (Wildman–Crippen MR) is 59.5 cm³/mol. The average molecular weight is 232 g/mol. The zero-order valence-corrected chi connectivity index (χ0v) is 9.55. The van der Waals surface area contributed by atoms with Crippen molar-refractivity contribution in [1.82, 2.24) is 0 Å². The molecule has 84 valence electrons. The number of phenols is 1. The Bertz CT molecular complexity index is 355. The van der Waals surface area contributed by atoms with Crippen LogP contribution in [0.2, 0.25) is 5.02 Å². The van der Waals surface area contributed by atoms with Crippen molar-refractivity contribution < 1.29 is 9.50 Å². The van der Waals surface area contributed by atoms with Gasteiger partial charge >= 0.3 is 0 Å². The number of nitrogens with two attached hydrogens (primary N) is 1. The summed E-state index contributed by atoms with van der Waals surface area (Å²) in [5.41, 5.74) is 6.37. The van der Waals surface area contributed by atoms with Crippen LogP contribution in [0.4, 0.5) is 4.39 Å². The van der Waals surface area contributed by atoms with E-state index in [1.54, 1.807) is 0 Å². The Morgan fingerprint density at radius 1 is 1.47 bits per heavy atom. The lowest BCUT2D eigenvalue weighted by atomic mass is 9.97. The van der Waals surface area contributed by atoms with Gasteiger partial charge in [0.2, 0.25) is 0 Å². The molecule has 0 aliphatic heterocycles. The van der Waals surface area contributed by atoms with E-state index < -0.39 is 5.82 Å². The molecule has 1 aromatic carbocycles. The molecule has 1 rings (SSSR count). The summed E-state index contributed by atoms with van der Waals surface area (Å²) in [6, 6.07) is 2.38. The molecule has 0 bridgehead atoms. The molecule has 2 nitrogen and oxygen atoms in total. The summed E-state index contributed by atoms with van der Waals surface area (Å²) in [4.78, 5) is 0. The van der Waals surface area contributed by atoms with Crippen LogP contribution in [0.3, 0.4) is 0 Å². The lowest BCUT2D eigenvalue weighted by molar-refractivity contribution is 0.441. The van der Waals surface area contributed by atoms with Crippen molar-refractivity contribution in [1.29, 1.82) is 0 Å². The van der Waals surface area contributed by atoms with Gasteiger partial charge in [-0.2, -0.15) is 0 Å². The minimum atomic E-state index is -0.630. The SMILES string of the molecule is CC(C)C[C@@H](N)c1ccc(F)c(Cl)c1O. The Morgan fingerprint density at radius 2 is 2.07 bits per heavy atom. The second-order valence-corrected chi connectivity index (χ2v) is 4.41. The first-order valence-corrected chi connectivity index (χ1v) is 5.23. The average Bonchev–Trinajstić information content (AvgIpc) is 2.13. The standard InChI is InChI=1S/C11H15ClFNO/c1-6(2)5-9(14)7-3-4-8(13)10(12)11(7)15/h3-4,6,9,15H,5,14H2,1-2H3/t9-/m1/s1. The molecule has 0 heterocycles. The van der Waals surface area contributed by atoms with E-state index in [0.717, 1.165) is 6.42 Å². The molecule has 0 fully saturated rings. The van der Waals surface area contributed by atoms with Crippen molar-refractivity contribution >= 4 is 11.6 Å². The summed E-state index contributed by atoms with van der Waals surface area (Å²) in [5, 5.41) is 9.35. The fraction of sp³-hybridized carbons (Fsp3) is 0.455. The molecule has 0 saturated carbocycles. The number of hydrogen-bond donors (Lipinski definition) is 2. The Hall–Kier alpha value is -0.800. The normalized spacial score (nSPS) is 13.2. The van der Waals surface area contributed by atoms with Crippen LogP contribution in [-0.2, 0) is 0 Å². The molecule has 0 aliphatic rings. The van der Waals surface area contributed by atoms with Gasteiger partial charge in [0.05, 0.1) is 0 Å². The van der Waals surface area contributed by atoms with Crippen molar-refractivity contribution in [3.63, 3.8) is 0 Å². The molecule has 0 amide bonds. The molecule has 1 atom stereocenters. The summed E-state index contributed by atoms with van der Waals surface area (Å²) < 4.78 is 13.0. The molecule has 0 unspecified atom stereocenters. The fourth-order valence-electron chi connectivity index (χ4n) is 1.49. The Labute approximate surface area is 93.9 Å². The van der Waals surface area contributed by atoms with Crippen LogP contribution >= 0.6 is 11.6 Å². The maximum absolute atomic E-state index is 13.0. The topological polar surface area (TPSA) is 46.2 Å². The minimum Gasteiger partial charge on any atom is -0.506 e. The van der Waals surface area contributed by atoms with Gasteiger partial charge in [-0.15, -0.1) is 0 Å². The van der Waals surface area contributed by atoms with Crippen molar-refractivity contribution in [2.45, 2.75) is 26.3 Å². The molecular formula is C11H15ClFNO. The highest BCUT2D eigenvalue weighted by molar-refractivity contribution is 6.32. The lowest BCUT2D eigenvalue weighted by Crippen LogP contribution is -2.13. The first-order valence-electron chi connectivity index (χ1n) is 4.86. The second kappa shape index (κ2) is 4.81. The van der Waals surface area contributed by atoms with Gasteiger partial charge in [0.25, 0.3) is 0 Å². The van der Waals surface area contributed by atoms with E-state index in [-0.39, 0.29) is 16.8 Å². The highest BCUT2D eigenvalue weighted by Crippen LogP contribution is 2.34. The van der Waals surface area contributed by atoms with Gasteiger partial charge in [-0.05, 0) is 18.4 Å². The summed E-state index contributed by atoms with van der Waals surface area (Å²) in [6.45, 7) is 4.06. The van der Waals surface area contributed by atoms with Gasteiger partial charge in [-0.1, -0.05) is 31.5 Å². The van der Waals surface area contributed by atoms with Gasteiger partial charge in [0.15, 0.2) is 0 Å². The van der Waals surface area contributed by atoms with Crippen molar-refractivity contribution in [2.75, 3.05) is 0 Å². The van der Waals surface area contributed by atoms with Crippen LogP contribution in [-0.4, -0.2) is 5.11 Å². The molecule has 0 radical (unpaired) electrons. The number of halogens is 2. The number of phenolic OH excluding ortho intramolecular Hbond substituents is 1. The zero-order valence-electron chi connectivity index (χ0n) is 8.80. The zero-order chi connectivity index (χ0) is 11.6. The quantitative estimate of drug-likeness (QED) is 0.839. The molecule has 3 N–H and O–H groups in total. The molecule has 15 heavy (non-hydrogen) atoms. The van der Waals surface area contributed by atoms with Gasteiger partial charge in [-0.25, -0.2) is 4.39 Å². The molecule has 0 saturated heterocycles. The van der Waals surface area contributed by atoms with E-state index >= 15 is 0 Å². The molecule has 4 heteroatoms. The third-order valence-corrected chi connectivity index (χ3v) is 2.58. The van der Waals surface area contributed by atoms with Crippen LogP contribution < -0.4 is 5.73 Å². The molecule has 1 aromatic rings. The van der Waals surface area contributed by atoms with Gasteiger partial charge in [0.1, 0.15) is 16.6 Å². The molecular weight excluding hydrogens is 217 g/mol. The largest absolute Gasteiger partial charge is 0.506 e. The highest BCUT2D eigenvalue weighted by Gasteiger charge is 2.16. The van der Waals surface area contributed by atoms with E-state index in [0.29, 0.717) is 11.5 Å². The highest BCUT2D eigenvalue weighted by atomic mass is 35.5. The van der Waals surface area contributed by atoms with Crippen LogP contribution in [0.1, 0.15) is 31.9 Å². The minimum absolute atomic E-state index is 0.246. The summed E-state index contributed by atoms with van der Waals surface area (Å²) >= 11 is 5.58. The first kappa shape index (κ1) is 12.3. The molecule has 0 aromatic heterocycles. The molecule has 0 spiro atoms. The molecule has 0 aliphatic carbocycles. The maximum atomic E-state index is 13.0. The number of rotatable bonds is 3. The third kappa shape index (κ3) is 2.83. The summed E-state index contributed by atoms with van der Waals surface area (Å²) in [7, 11) is 0. The maximum Gasteiger partial charge on any atom is 0.145 e. The van der Waals surface area contributed by atoms with E-state index in [2.05, 4.69) is 0 Å². The van der Waals surface area contributed by atoms with Gasteiger partial charge in [-0.3, -0.25) is 0 Å². The third-order valence-electron chi connectivity index (χ3n) is 2.23. The van der Waals surface area contributed by atoms with Gasteiger partial charge in [0, 0.05) is 11.6 Å². The smallest absolute Gasteiger partial charge is 0.145 e. The van der Waals surface area contributed by atoms with Crippen molar-refractivity contribution in [2.24, 2.45) is 11.7 Å². The number of aromatic hydroxyl groups is 1. The fourth-order valence-corrected chi connectivity index (χ4v) is 1.66. The summed E-state index contributed by atoms with van der Waals surface area (Å²) in [6.07, 6.45) is 0.718. The second-order valence-electron chi connectivity index (χ2n) is 4.04. The van der Waals surface area contributed by atoms with Crippen LogP contribution in [0, 0.1) is 11.7 Å². The summed E-state index contributed by atoms with van der Waals surface area (Å²) in [5.74, 6) is -0.470. The van der Waals surface area contributed by atoms with E-state index in [4.69, 9.17) is 17.3 Å². The Balaban J connectivity index is 3.00. The van der Waals surface area contributed by atoms with Crippen LogP contribution in [0.25, 0.3) is 0 Å². The van der Waals surface area contributed by atoms with Crippen LogP contribution in [0.5, 0.6) is 5.75 Å². The van der Waals surface area contributed by atoms with E-state index in [1.165, 1.54) is 12.1 Å². The Kier molecular flexibility index (Phi) is 3.94. The van der Waals surface area contributed by atoms with Gasteiger partial charge < -0.3 is 10.8 Å². The monoisotopic (exact) mass is 231 g/mol. The number of benzene rings is 1. The van der Waals surface area contributed by atoms with Crippen molar-refractivity contribution in [3.8, 4) is 5.75 Å². The van der Waals surface area contributed by atoms with E-state index in [9.17, 15) is 9.50 Å². The Morgan fingerprint density at radius 3 is 2.60 bits per heavy atom.